The number of anilines is 1. The molecule has 10 heteroatoms. The van der Waals surface area contributed by atoms with E-state index in [1.165, 1.54) is 11.9 Å². The van der Waals surface area contributed by atoms with E-state index in [0.717, 1.165) is 61.1 Å². The Kier molecular flexibility index (Phi) is 10.4. The second-order valence-corrected chi connectivity index (χ2v) is 15.7. The van der Waals surface area contributed by atoms with E-state index in [1.807, 2.05) is 38.1 Å². The van der Waals surface area contributed by atoms with Crippen LogP contribution in [0.15, 0.2) is 42.0 Å². The lowest BCUT2D eigenvalue weighted by molar-refractivity contribution is -0.156. The maximum atomic E-state index is 15.4. The number of amides is 1. The van der Waals surface area contributed by atoms with Crippen molar-refractivity contribution in [1.29, 1.82) is 0 Å². The number of benzene rings is 2. The summed E-state index contributed by atoms with van der Waals surface area (Å²) in [6.45, 7) is 9.55. The first-order valence-corrected chi connectivity index (χ1v) is 18.2. The second-order valence-electron chi connectivity index (χ2n) is 14.0. The lowest BCUT2D eigenvalue weighted by Gasteiger charge is -2.46. The molecule has 0 radical (unpaired) electrons. The van der Waals surface area contributed by atoms with Gasteiger partial charge in [0.2, 0.25) is 0 Å². The minimum absolute atomic E-state index is 0.0900. The molecule has 2 heterocycles. The fraction of sp³-hybridized carbons (Fsp3) is 0.568. The predicted molar refractivity (Wildman–Crippen MR) is 185 cm³/mol. The van der Waals surface area contributed by atoms with Gasteiger partial charge < -0.3 is 19.1 Å². The maximum Gasteiger partial charge on any atom is 0.332 e. The van der Waals surface area contributed by atoms with Gasteiger partial charge in [-0.3, -0.25) is 9.52 Å². The quantitative estimate of drug-likeness (QED) is 0.200. The lowest BCUT2D eigenvalue weighted by Crippen LogP contribution is -2.50. The molecule has 1 fully saturated rings. The molecule has 1 spiro atoms. The van der Waals surface area contributed by atoms with Gasteiger partial charge >= 0.3 is 5.97 Å². The summed E-state index contributed by atoms with van der Waals surface area (Å²) >= 11 is 7.68. The Balaban J connectivity index is 1.37. The van der Waals surface area contributed by atoms with E-state index < -0.39 is 5.41 Å². The Hall–Kier alpha value is -2.75. The Morgan fingerprint density at radius 2 is 2.06 bits per heavy atom. The molecule has 1 saturated carbocycles. The zero-order valence-corrected chi connectivity index (χ0v) is 29.4. The van der Waals surface area contributed by atoms with Gasteiger partial charge in [0.15, 0.2) is 0 Å². The van der Waals surface area contributed by atoms with Crippen LogP contribution in [0.1, 0.15) is 87.7 Å². The van der Waals surface area contributed by atoms with Crippen LogP contribution in [0, 0.1) is 17.7 Å². The Morgan fingerprint density at radius 1 is 1.23 bits per heavy atom. The monoisotopic (exact) mass is 684 g/mol. The van der Waals surface area contributed by atoms with Gasteiger partial charge in [0, 0.05) is 29.3 Å². The van der Waals surface area contributed by atoms with Crippen LogP contribution < -0.4 is 14.4 Å². The number of allylic oxidation sites excluding steroid dienone is 1. The fourth-order valence-electron chi connectivity index (χ4n) is 7.77. The van der Waals surface area contributed by atoms with E-state index in [4.69, 9.17) is 25.8 Å². The number of fused-ring (bicyclic) bond motifs is 4. The standard InChI is InChI=1S/C37H46ClFN2O5S/c1-22(2)46-33(42)19-44-35-23(3)7-5-8-24(4)47-40-36(43)25-11-15-32-31(17-25)41(18-26-10-12-27(26)35)20-37(21-45-32)16-6-9-28-29(37)13-14-30(38)34(28)39/h7,11,13-15,17,22,24,26-27,35H,5-6,8-10,12,16,18-21H2,1-4H3,(H,40,43)/b23-7+/t24?,26-,27?,35?,37?/m0/s1. The number of ether oxygens (including phenoxy) is 3. The smallest absolute Gasteiger partial charge is 0.332 e. The number of carbonyl (C=O) groups is 2. The van der Waals surface area contributed by atoms with Gasteiger partial charge in [-0.1, -0.05) is 30.7 Å². The van der Waals surface area contributed by atoms with Crippen LogP contribution in [0.25, 0.3) is 0 Å². The van der Waals surface area contributed by atoms with Crippen LogP contribution in [0.2, 0.25) is 5.02 Å². The van der Waals surface area contributed by atoms with Crippen LogP contribution in [-0.4, -0.2) is 55.6 Å². The molecule has 2 aliphatic heterocycles. The Bertz CT molecular complexity index is 1530. The second kappa shape index (κ2) is 14.4. The molecule has 0 saturated heterocycles. The summed E-state index contributed by atoms with van der Waals surface area (Å²) in [7, 11) is 0. The van der Waals surface area contributed by atoms with Gasteiger partial charge in [-0.15, -0.1) is 0 Å². The van der Waals surface area contributed by atoms with E-state index in [9.17, 15) is 9.59 Å². The van der Waals surface area contributed by atoms with Crippen molar-refractivity contribution < 1.29 is 28.2 Å². The number of nitrogens with one attached hydrogen (secondary N) is 1. The van der Waals surface area contributed by atoms with Gasteiger partial charge in [0.1, 0.15) is 18.2 Å². The first-order chi connectivity index (χ1) is 22.5. The minimum atomic E-state index is -0.446. The third-order valence-electron chi connectivity index (χ3n) is 10.3. The number of hydrogen-bond donors (Lipinski definition) is 1. The summed E-state index contributed by atoms with van der Waals surface area (Å²) in [6.07, 6.45) is 7.89. The van der Waals surface area contributed by atoms with Crippen molar-refractivity contribution in [1.82, 2.24) is 4.72 Å². The van der Waals surface area contributed by atoms with Crippen molar-refractivity contribution in [2.75, 3.05) is 31.2 Å². The van der Waals surface area contributed by atoms with Crippen LogP contribution in [0.3, 0.4) is 0 Å². The molecular weight excluding hydrogens is 639 g/mol. The normalized spacial score (nSPS) is 29.0. The highest BCUT2D eigenvalue weighted by Gasteiger charge is 2.45. The van der Waals surface area contributed by atoms with E-state index in [-0.39, 0.29) is 58.6 Å². The van der Waals surface area contributed by atoms with E-state index in [0.29, 0.717) is 37.2 Å². The van der Waals surface area contributed by atoms with Crippen molar-refractivity contribution in [3.63, 3.8) is 0 Å². The van der Waals surface area contributed by atoms with Gasteiger partial charge in [-0.25, -0.2) is 9.18 Å². The van der Waals surface area contributed by atoms with Crippen LogP contribution in [-0.2, 0) is 26.1 Å². The lowest BCUT2D eigenvalue weighted by atomic mass is 9.67. The number of nitrogens with zero attached hydrogens (tertiary/aromatic N) is 1. The van der Waals surface area contributed by atoms with Gasteiger partial charge in [-0.05, 0) is 130 Å². The summed E-state index contributed by atoms with van der Waals surface area (Å²) in [5.41, 5.74) is 3.77. The summed E-state index contributed by atoms with van der Waals surface area (Å²) in [5, 5.41) is 0.351. The molecule has 1 N–H and O–H groups in total. The number of esters is 1. The zero-order valence-electron chi connectivity index (χ0n) is 27.8. The summed E-state index contributed by atoms with van der Waals surface area (Å²) in [4.78, 5) is 28.3. The van der Waals surface area contributed by atoms with Crippen molar-refractivity contribution in [3.8, 4) is 5.75 Å². The molecule has 4 unspecified atom stereocenters. The average Bonchev–Trinajstić information content (AvgIpc) is 3.18. The average molecular weight is 685 g/mol. The Morgan fingerprint density at radius 3 is 2.83 bits per heavy atom. The molecule has 7 nitrogen and oxygen atoms in total. The van der Waals surface area contributed by atoms with Crippen LogP contribution in [0.4, 0.5) is 10.1 Å². The first kappa shape index (κ1) is 34.1. The van der Waals surface area contributed by atoms with E-state index >= 15 is 4.39 Å². The molecule has 1 amide bonds. The largest absolute Gasteiger partial charge is 0.490 e. The van der Waals surface area contributed by atoms with Crippen molar-refractivity contribution in [2.45, 2.75) is 95.5 Å². The van der Waals surface area contributed by atoms with Crippen LogP contribution >= 0.6 is 23.5 Å². The van der Waals surface area contributed by atoms with Crippen molar-refractivity contribution >= 4 is 41.1 Å². The highest BCUT2D eigenvalue weighted by Crippen LogP contribution is 2.48. The zero-order chi connectivity index (χ0) is 33.3. The van der Waals surface area contributed by atoms with Crippen molar-refractivity contribution in [3.05, 3.63) is 69.5 Å². The van der Waals surface area contributed by atoms with Gasteiger partial charge in [0.25, 0.3) is 5.91 Å². The molecule has 0 aromatic heterocycles. The molecule has 4 aliphatic rings. The molecule has 2 aliphatic carbocycles. The topological polar surface area (TPSA) is 77.1 Å². The van der Waals surface area contributed by atoms with Crippen molar-refractivity contribution in [2.24, 2.45) is 11.8 Å². The molecule has 6 rings (SSSR count). The fourth-order valence-corrected chi connectivity index (χ4v) is 8.63. The van der Waals surface area contributed by atoms with Crippen LogP contribution in [0.5, 0.6) is 5.75 Å². The van der Waals surface area contributed by atoms with E-state index in [1.54, 1.807) is 6.07 Å². The number of halogens is 2. The van der Waals surface area contributed by atoms with Gasteiger partial charge in [0.05, 0.1) is 29.5 Å². The SMILES string of the molecule is C/C1=C\CCC(C)SNC(=O)c2ccc3c(c2)N(C[C@@H]2CCC2C1OCC(=O)OC(C)C)CC1(CCCc2c1ccc(Cl)c2F)CO3. The minimum Gasteiger partial charge on any atom is -0.490 e. The molecular formula is C37H46ClFN2O5S. The first-order valence-electron chi connectivity index (χ1n) is 17.0. The number of carbonyl (C=O) groups excluding carboxylic acids is 2. The van der Waals surface area contributed by atoms with E-state index in [2.05, 4.69) is 29.5 Å². The highest BCUT2D eigenvalue weighted by atomic mass is 35.5. The summed E-state index contributed by atoms with van der Waals surface area (Å²) < 4.78 is 36.8. The molecule has 2 aromatic rings. The molecule has 47 heavy (non-hydrogen) atoms. The molecule has 5 atom stereocenters. The maximum absolute atomic E-state index is 15.4. The number of hydrogen-bond acceptors (Lipinski definition) is 7. The van der Waals surface area contributed by atoms with Gasteiger partial charge in [-0.2, -0.15) is 0 Å². The molecule has 2 bridgehead atoms. The predicted octanol–water partition coefficient (Wildman–Crippen LogP) is 7.82. The number of rotatable bonds is 4. The summed E-state index contributed by atoms with van der Waals surface area (Å²) in [5.74, 6) is 0.387. The third kappa shape index (κ3) is 7.32. The Labute approximate surface area is 287 Å². The highest BCUT2D eigenvalue weighted by molar-refractivity contribution is 7.98. The summed E-state index contributed by atoms with van der Waals surface area (Å²) in [6, 6.07) is 9.32. The molecule has 2 aromatic carbocycles. The molecule has 254 valence electrons. The third-order valence-corrected chi connectivity index (χ3v) is 11.6.